The van der Waals surface area contributed by atoms with Crippen LogP contribution in [0.2, 0.25) is 10.0 Å². The smallest absolute Gasteiger partial charge is 0.237 e. The van der Waals surface area contributed by atoms with Crippen molar-refractivity contribution in [2.45, 2.75) is 24.0 Å². The molecule has 1 saturated carbocycles. The monoisotopic (exact) mass is 649 g/mol. The predicted octanol–water partition coefficient (Wildman–Crippen LogP) is 6.40. The number of carbonyl (C=O) groups is 1. The molecule has 5 aromatic rings. The predicted molar refractivity (Wildman–Crippen MR) is 175 cm³/mol. The summed E-state index contributed by atoms with van der Waals surface area (Å²) in [6.45, 7) is 0. The Kier molecular flexibility index (Phi) is 7.73. The van der Waals surface area contributed by atoms with E-state index in [4.69, 9.17) is 28.2 Å². The van der Waals surface area contributed by atoms with E-state index in [1.54, 1.807) is 42.6 Å². The Hall–Kier alpha value is -4.19. The average molecular weight is 651 g/mol. The molecule has 2 heterocycles. The number of sulfone groups is 1. The molecule has 0 radical (unpaired) electrons. The number of benzene rings is 3. The maximum atomic E-state index is 13.5. The number of para-hydroxylation sites is 1. The first-order valence-corrected chi connectivity index (χ1v) is 16.6. The maximum Gasteiger partial charge on any atom is 0.237 e. The van der Waals surface area contributed by atoms with Gasteiger partial charge in [0.2, 0.25) is 17.8 Å². The summed E-state index contributed by atoms with van der Waals surface area (Å²) in [6.07, 6.45) is 4.27. The molecule has 6 rings (SSSR count). The van der Waals surface area contributed by atoms with E-state index < -0.39 is 15.3 Å². The first kappa shape index (κ1) is 29.9. The van der Waals surface area contributed by atoms with Crippen LogP contribution in [0.25, 0.3) is 11.0 Å². The number of imidazole rings is 1. The molecule has 0 atom stereocenters. The molecule has 0 unspecified atom stereocenters. The molecule has 3 aromatic carbocycles. The highest BCUT2D eigenvalue weighted by atomic mass is 35.5. The fourth-order valence-electron chi connectivity index (χ4n) is 5.26. The highest BCUT2D eigenvalue weighted by Gasteiger charge is 2.51. The van der Waals surface area contributed by atoms with E-state index in [9.17, 15) is 13.2 Å². The van der Waals surface area contributed by atoms with Crippen molar-refractivity contribution in [1.82, 2.24) is 19.5 Å². The van der Waals surface area contributed by atoms with Gasteiger partial charge in [0, 0.05) is 32.2 Å². The number of hydrogen-bond acceptors (Lipinski definition) is 8. The molecule has 10 nitrogen and oxygen atoms in total. The molecule has 1 aliphatic rings. The van der Waals surface area contributed by atoms with E-state index in [0.717, 1.165) is 16.8 Å². The summed E-state index contributed by atoms with van der Waals surface area (Å²) in [5.41, 5.74) is 3.81. The molecule has 1 aliphatic carbocycles. The lowest BCUT2D eigenvalue weighted by Gasteiger charge is -2.19. The van der Waals surface area contributed by atoms with Gasteiger partial charge < -0.3 is 14.8 Å². The number of aryl methyl sites for hydroxylation is 1. The van der Waals surface area contributed by atoms with Crippen molar-refractivity contribution < 1.29 is 13.2 Å². The van der Waals surface area contributed by atoms with Crippen LogP contribution < -0.4 is 15.5 Å². The maximum absolute atomic E-state index is 13.5. The second-order valence-electron chi connectivity index (χ2n) is 11.0. The zero-order chi connectivity index (χ0) is 31.2. The number of aromatic nitrogens is 4. The molecule has 0 aliphatic heterocycles. The fourth-order valence-corrected chi connectivity index (χ4v) is 6.34. The van der Waals surface area contributed by atoms with Crippen molar-refractivity contribution >= 4 is 79.1 Å². The quantitative estimate of drug-likeness (QED) is 0.188. The summed E-state index contributed by atoms with van der Waals surface area (Å²) < 4.78 is 25.3. The number of carbonyl (C=O) groups excluding carboxylic acids is 1. The number of rotatable bonds is 9. The minimum atomic E-state index is -3.17. The Morgan fingerprint density at radius 2 is 1.80 bits per heavy atom. The molecule has 13 heteroatoms. The van der Waals surface area contributed by atoms with Crippen LogP contribution in [-0.2, 0) is 32.8 Å². The second-order valence-corrected chi connectivity index (χ2v) is 14.0. The van der Waals surface area contributed by atoms with Crippen LogP contribution in [0.3, 0.4) is 0 Å². The van der Waals surface area contributed by atoms with Gasteiger partial charge in [0.05, 0.1) is 32.4 Å². The van der Waals surface area contributed by atoms with Crippen LogP contribution >= 0.6 is 23.2 Å². The Labute approximate surface area is 265 Å². The van der Waals surface area contributed by atoms with E-state index in [0.29, 0.717) is 57.4 Å². The van der Waals surface area contributed by atoms with Gasteiger partial charge in [0.25, 0.3) is 0 Å². The molecule has 2 aromatic heterocycles. The summed E-state index contributed by atoms with van der Waals surface area (Å²) in [5, 5.41) is 7.07. The summed E-state index contributed by atoms with van der Waals surface area (Å²) in [5.74, 6) is 1.19. The van der Waals surface area contributed by atoms with Crippen molar-refractivity contribution in [2.24, 2.45) is 7.05 Å². The molecular formula is C31H29Cl2N7O3S. The molecule has 1 amide bonds. The van der Waals surface area contributed by atoms with E-state index in [1.807, 2.05) is 53.9 Å². The van der Waals surface area contributed by atoms with E-state index in [-0.39, 0.29) is 11.7 Å². The van der Waals surface area contributed by atoms with E-state index in [2.05, 4.69) is 20.6 Å². The molecular weight excluding hydrogens is 621 g/mol. The molecule has 1 fully saturated rings. The molecule has 2 N–H and O–H groups in total. The van der Waals surface area contributed by atoms with Gasteiger partial charge in [-0.25, -0.2) is 18.4 Å². The van der Waals surface area contributed by atoms with Gasteiger partial charge in [-0.05, 0) is 66.4 Å². The fraction of sp³-hybridized carbons (Fsp3) is 0.226. The normalized spacial score (nSPS) is 13.9. The number of nitrogens with zero attached hydrogens (tertiary/aromatic N) is 5. The molecule has 44 heavy (non-hydrogen) atoms. The van der Waals surface area contributed by atoms with Crippen molar-refractivity contribution in [2.75, 3.05) is 28.8 Å². The van der Waals surface area contributed by atoms with Gasteiger partial charge in [0.15, 0.2) is 9.84 Å². The number of halogens is 2. The molecule has 226 valence electrons. The Balaban J connectivity index is 1.25. The van der Waals surface area contributed by atoms with Crippen molar-refractivity contribution in [1.29, 1.82) is 0 Å². The van der Waals surface area contributed by atoms with Crippen molar-refractivity contribution in [3.8, 4) is 0 Å². The standard InChI is InChI=1S/C31H29Cl2N7O3S/c1-39(26-12-15-34-29(36-26)35-21-7-4-6-19(16-21)18-44(3,42)43)24-8-5-9-25-27(24)37-30(40(25)2)38-28(41)31(13-14-31)20-10-11-22(32)23(33)17-20/h4-12,15-17H,13-14,18H2,1-3H3,(H,34,35,36)(H,37,38,41). The zero-order valence-corrected chi connectivity index (χ0v) is 26.5. The molecule has 0 bridgehead atoms. The van der Waals surface area contributed by atoms with Gasteiger partial charge in [-0.2, -0.15) is 4.98 Å². The van der Waals surface area contributed by atoms with Crippen molar-refractivity contribution in [3.05, 3.63) is 94.1 Å². The van der Waals surface area contributed by atoms with Gasteiger partial charge in [-0.3, -0.25) is 10.1 Å². The van der Waals surface area contributed by atoms with E-state index >= 15 is 0 Å². The largest absolute Gasteiger partial charge is 0.327 e. The highest BCUT2D eigenvalue weighted by molar-refractivity contribution is 7.89. The lowest BCUT2D eigenvalue weighted by atomic mass is 9.95. The lowest BCUT2D eigenvalue weighted by molar-refractivity contribution is -0.118. The van der Waals surface area contributed by atoms with Crippen molar-refractivity contribution in [3.63, 3.8) is 0 Å². The third-order valence-corrected chi connectivity index (χ3v) is 9.33. The van der Waals surface area contributed by atoms with Gasteiger partial charge in [-0.1, -0.05) is 47.5 Å². The number of anilines is 5. The third kappa shape index (κ3) is 5.95. The first-order chi connectivity index (χ1) is 20.9. The van der Waals surface area contributed by atoms with Crippen LogP contribution in [0.5, 0.6) is 0 Å². The highest BCUT2D eigenvalue weighted by Crippen LogP contribution is 2.50. The SMILES string of the molecule is CN(c1ccnc(Nc2cccc(CS(C)(=O)=O)c2)n1)c1cccc2c1nc(NC(=O)C1(c3ccc(Cl)c(Cl)c3)CC1)n2C. The van der Waals surface area contributed by atoms with Gasteiger partial charge in [-0.15, -0.1) is 0 Å². The van der Waals surface area contributed by atoms with Crippen LogP contribution in [0.15, 0.2) is 72.9 Å². The number of hydrogen-bond donors (Lipinski definition) is 2. The molecule has 0 spiro atoms. The van der Waals surface area contributed by atoms with Crippen LogP contribution in [0.4, 0.5) is 29.1 Å². The second kappa shape index (κ2) is 11.4. The zero-order valence-electron chi connectivity index (χ0n) is 24.2. The number of nitrogens with one attached hydrogen (secondary N) is 2. The number of fused-ring (bicyclic) bond motifs is 1. The summed E-state index contributed by atoms with van der Waals surface area (Å²) in [4.78, 5) is 29.3. The summed E-state index contributed by atoms with van der Waals surface area (Å²) in [6, 6.07) is 20.0. The van der Waals surface area contributed by atoms with Crippen LogP contribution in [-0.4, -0.2) is 47.1 Å². The molecule has 0 saturated heterocycles. The van der Waals surface area contributed by atoms with Crippen LogP contribution in [0.1, 0.15) is 24.0 Å². The topological polar surface area (TPSA) is 122 Å². The van der Waals surface area contributed by atoms with E-state index in [1.165, 1.54) is 6.26 Å². The van der Waals surface area contributed by atoms with Gasteiger partial charge >= 0.3 is 0 Å². The minimum Gasteiger partial charge on any atom is -0.327 e. The lowest BCUT2D eigenvalue weighted by Crippen LogP contribution is -2.29. The Morgan fingerprint density at radius 3 is 2.52 bits per heavy atom. The minimum absolute atomic E-state index is 0.0564. The third-order valence-electron chi connectivity index (χ3n) is 7.73. The summed E-state index contributed by atoms with van der Waals surface area (Å²) in [7, 11) is 0.571. The van der Waals surface area contributed by atoms with Crippen LogP contribution in [0, 0.1) is 0 Å². The Bertz CT molecular complexity index is 2030. The van der Waals surface area contributed by atoms with Gasteiger partial charge in [0.1, 0.15) is 11.3 Å². The average Bonchev–Trinajstić information content (AvgIpc) is 3.73. The Morgan fingerprint density at radius 1 is 1.02 bits per heavy atom. The number of amides is 1. The first-order valence-electron chi connectivity index (χ1n) is 13.8. The summed E-state index contributed by atoms with van der Waals surface area (Å²) >= 11 is 12.3.